The summed E-state index contributed by atoms with van der Waals surface area (Å²) in [7, 11) is 0. The molecule has 6 nitrogen and oxygen atoms in total. The second kappa shape index (κ2) is 5.81. The molecule has 6 heteroatoms. The lowest BCUT2D eigenvalue weighted by Gasteiger charge is -2.30. The van der Waals surface area contributed by atoms with E-state index in [2.05, 4.69) is 0 Å². The summed E-state index contributed by atoms with van der Waals surface area (Å²) in [6.07, 6.45) is -1.12. The molecule has 0 spiro atoms. The highest BCUT2D eigenvalue weighted by Gasteiger charge is 2.63. The van der Waals surface area contributed by atoms with Crippen LogP contribution in [0.2, 0.25) is 0 Å². The van der Waals surface area contributed by atoms with Gasteiger partial charge < -0.3 is 24.2 Å². The predicted octanol–water partition coefficient (Wildman–Crippen LogP) is 1.07. The monoisotopic (exact) mass is 333 g/mol. The van der Waals surface area contributed by atoms with Crippen LogP contribution in [0.5, 0.6) is 0 Å². The molecule has 3 aliphatic rings. The van der Waals surface area contributed by atoms with E-state index in [1.54, 1.807) is 4.90 Å². The number of aliphatic hydroxyl groups is 1. The fraction of sp³-hybridized carbons (Fsp3) is 0.611. The number of carbonyl (C=O) groups excluding carboxylic acids is 1. The van der Waals surface area contributed by atoms with Crippen molar-refractivity contribution in [1.29, 1.82) is 0 Å². The normalized spacial score (nSPS) is 36.9. The van der Waals surface area contributed by atoms with Crippen molar-refractivity contribution in [2.75, 3.05) is 6.61 Å². The molecule has 1 N–H and O–H groups in total. The van der Waals surface area contributed by atoms with E-state index in [1.807, 2.05) is 44.2 Å². The van der Waals surface area contributed by atoms with Crippen LogP contribution in [0.1, 0.15) is 25.8 Å². The van der Waals surface area contributed by atoms with Crippen molar-refractivity contribution >= 4 is 5.91 Å². The Morgan fingerprint density at radius 2 is 1.96 bits per heavy atom. The third kappa shape index (κ3) is 2.63. The topological polar surface area (TPSA) is 68.2 Å². The lowest BCUT2D eigenvalue weighted by atomic mass is 10.0. The Morgan fingerprint density at radius 3 is 2.71 bits per heavy atom. The van der Waals surface area contributed by atoms with E-state index in [9.17, 15) is 9.90 Å². The molecule has 3 saturated heterocycles. The first-order valence-corrected chi connectivity index (χ1v) is 8.43. The molecule has 24 heavy (non-hydrogen) atoms. The van der Waals surface area contributed by atoms with Gasteiger partial charge in [0.25, 0.3) is 0 Å². The van der Waals surface area contributed by atoms with E-state index < -0.39 is 11.9 Å². The number of amides is 1. The lowest BCUT2D eigenvalue weighted by molar-refractivity contribution is -0.174. The molecular weight excluding hydrogens is 310 g/mol. The number of carbonyl (C=O) groups is 1. The van der Waals surface area contributed by atoms with Crippen LogP contribution in [0.4, 0.5) is 0 Å². The summed E-state index contributed by atoms with van der Waals surface area (Å²) in [5.74, 6) is -0.759. The van der Waals surface area contributed by atoms with Crippen LogP contribution in [0.25, 0.3) is 0 Å². The Kier molecular flexibility index (Phi) is 3.88. The maximum atomic E-state index is 12.3. The third-order valence-electron chi connectivity index (χ3n) is 5.02. The van der Waals surface area contributed by atoms with Gasteiger partial charge in [-0.3, -0.25) is 4.79 Å². The first-order chi connectivity index (χ1) is 11.5. The number of rotatable bonds is 4. The smallest absolute Gasteiger partial charge is 0.226 e. The molecule has 1 aromatic carbocycles. The Labute approximate surface area is 141 Å². The fourth-order valence-corrected chi connectivity index (χ4v) is 4.12. The maximum Gasteiger partial charge on any atom is 0.226 e. The number of nitrogens with zero attached hydrogens (tertiary/aromatic N) is 1. The van der Waals surface area contributed by atoms with Gasteiger partial charge in [0, 0.05) is 0 Å². The lowest BCUT2D eigenvalue weighted by Crippen LogP contribution is -2.45. The van der Waals surface area contributed by atoms with E-state index in [4.69, 9.17) is 14.2 Å². The summed E-state index contributed by atoms with van der Waals surface area (Å²) in [4.78, 5) is 14.0. The Morgan fingerprint density at radius 1 is 1.25 bits per heavy atom. The SMILES string of the molecule is CC1(C)O[C@@H]2[C@@H](O1)[C@@H](COCc1ccccc1)N1C(=O)C[C@@H](O)[C@H]21. The zero-order chi connectivity index (χ0) is 16.9. The molecule has 1 amide bonds. The predicted molar refractivity (Wildman–Crippen MR) is 85.0 cm³/mol. The molecule has 3 heterocycles. The zero-order valence-corrected chi connectivity index (χ0v) is 13.9. The van der Waals surface area contributed by atoms with E-state index in [0.29, 0.717) is 13.2 Å². The molecule has 5 atom stereocenters. The van der Waals surface area contributed by atoms with Gasteiger partial charge in [0.2, 0.25) is 5.91 Å². The van der Waals surface area contributed by atoms with Crippen LogP contribution in [-0.2, 0) is 25.6 Å². The molecule has 0 aromatic heterocycles. The summed E-state index contributed by atoms with van der Waals surface area (Å²) >= 11 is 0. The van der Waals surface area contributed by atoms with Crippen molar-refractivity contribution in [2.24, 2.45) is 0 Å². The van der Waals surface area contributed by atoms with Crippen molar-refractivity contribution in [2.45, 2.75) is 63.1 Å². The van der Waals surface area contributed by atoms with Crippen molar-refractivity contribution in [3.63, 3.8) is 0 Å². The van der Waals surface area contributed by atoms with Crippen LogP contribution in [-0.4, -0.2) is 58.7 Å². The maximum absolute atomic E-state index is 12.3. The summed E-state index contributed by atoms with van der Waals surface area (Å²) in [5, 5.41) is 10.3. The Hall–Kier alpha value is -1.47. The highest BCUT2D eigenvalue weighted by Crippen LogP contribution is 2.44. The molecule has 0 unspecified atom stereocenters. The molecule has 1 aromatic rings. The second-order valence-corrected chi connectivity index (χ2v) is 7.20. The van der Waals surface area contributed by atoms with Crippen LogP contribution < -0.4 is 0 Å². The van der Waals surface area contributed by atoms with E-state index in [-0.39, 0.29) is 36.6 Å². The number of hydrogen-bond donors (Lipinski definition) is 1. The standard InChI is InChI=1S/C18H23NO5/c1-18(2)23-16-12(10-22-9-11-6-4-3-5-7-11)19-14(21)8-13(20)15(19)17(16)24-18/h3-7,12-13,15-17,20H,8-10H2,1-2H3/t12-,13-,15-,16+,17+/m1/s1. The molecule has 3 aliphatic heterocycles. The molecule has 130 valence electrons. The summed E-state index contributed by atoms with van der Waals surface area (Å²) in [6, 6.07) is 9.34. The average molecular weight is 333 g/mol. The molecule has 3 fully saturated rings. The number of aliphatic hydroxyl groups excluding tert-OH is 1. The van der Waals surface area contributed by atoms with Gasteiger partial charge in [-0.1, -0.05) is 30.3 Å². The second-order valence-electron chi connectivity index (χ2n) is 7.20. The van der Waals surface area contributed by atoms with Gasteiger partial charge in [-0.25, -0.2) is 0 Å². The Balaban J connectivity index is 1.49. The number of hydrogen-bond acceptors (Lipinski definition) is 5. The Bertz CT molecular complexity index is 619. The van der Waals surface area contributed by atoms with E-state index in [0.717, 1.165) is 5.56 Å². The van der Waals surface area contributed by atoms with Crippen LogP contribution >= 0.6 is 0 Å². The molecule has 0 radical (unpaired) electrons. The van der Waals surface area contributed by atoms with Gasteiger partial charge in [-0.2, -0.15) is 0 Å². The molecule has 0 saturated carbocycles. The summed E-state index contributed by atoms with van der Waals surface area (Å²) in [5.41, 5.74) is 1.08. The highest BCUT2D eigenvalue weighted by atomic mass is 16.8. The van der Waals surface area contributed by atoms with Crippen molar-refractivity contribution in [3.8, 4) is 0 Å². The minimum atomic E-state index is -0.707. The molecular formula is C18H23NO5. The van der Waals surface area contributed by atoms with E-state index in [1.165, 1.54) is 0 Å². The van der Waals surface area contributed by atoms with Gasteiger partial charge in [0.05, 0.1) is 37.8 Å². The third-order valence-corrected chi connectivity index (χ3v) is 5.02. The van der Waals surface area contributed by atoms with E-state index >= 15 is 0 Å². The van der Waals surface area contributed by atoms with Gasteiger partial charge in [0.1, 0.15) is 12.2 Å². The number of fused-ring (bicyclic) bond motifs is 3. The average Bonchev–Trinajstić information content (AvgIpc) is 3.09. The fourth-order valence-electron chi connectivity index (χ4n) is 4.12. The van der Waals surface area contributed by atoms with Crippen molar-refractivity contribution in [1.82, 2.24) is 4.90 Å². The van der Waals surface area contributed by atoms with Crippen LogP contribution in [0.15, 0.2) is 30.3 Å². The highest BCUT2D eigenvalue weighted by molar-refractivity contribution is 5.81. The van der Waals surface area contributed by atoms with Gasteiger partial charge in [-0.15, -0.1) is 0 Å². The summed E-state index contributed by atoms with van der Waals surface area (Å²) in [6.45, 7) is 4.57. The number of ether oxygens (including phenoxy) is 3. The van der Waals surface area contributed by atoms with Crippen LogP contribution in [0.3, 0.4) is 0 Å². The van der Waals surface area contributed by atoms with Gasteiger partial charge in [-0.05, 0) is 19.4 Å². The van der Waals surface area contributed by atoms with Gasteiger partial charge in [0.15, 0.2) is 5.79 Å². The largest absolute Gasteiger partial charge is 0.390 e. The zero-order valence-electron chi connectivity index (χ0n) is 13.9. The summed E-state index contributed by atoms with van der Waals surface area (Å²) < 4.78 is 17.8. The first-order valence-electron chi connectivity index (χ1n) is 8.43. The van der Waals surface area contributed by atoms with Crippen molar-refractivity contribution < 1.29 is 24.1 Å². The number of benzene rings is 1. The minimum Gasteiger partial charge on any atom is -0.390 e. The molecule has 0 bridgehead atoms. The minimum absolute atomic E-state index is 0.0554. The molecule has 0 aliphatic carbocycles. The van der Waals surface area contributed by atoms with Crippen LogP contribution in [0, 0.1) is 0 Å². The molecule has 4 rings (SSSR count). The first kappa shape index (κ1) is 16.0. The van der Waals surface area contributed by atoms with Gasteiger partial charge >= 0.3 is 0 Å². The van der Waals surface area contributed by atoms with Crippen molar-refractivity contribution in [3.05, 3.63) is 35.9 Å². The quantitative estimate of drug-likeness (QED) is 0.893.